The average Bonchev–Trinajstić information content (AvgIpc) is 1.61. The number of sulfone groups is 1. The fourth-order valence-corrected chi connectivity index (χ4v) is 25.7. The molecule has 149 heavy (non-hydrogen) atoms. The van der Waals surface area contributed by atoms with Gasteiger partial charge in [0.1, 0.15) is 58.2 Å². The van der Waals surface area contributed by atoms with E-state index in [2.05, 4.69) is 98.0 Å². The molecule has 4 fully saturated rings. The van der Waals surface area contributed by atoms with E-state index < -0.39 is 19.9 Å². The van der Waals surface area contributed by atoms with E-state index in [4.69, 9.17) is 43.9 Å². The van der Waals surface area contributed by atoms with Crippen molar-refractivity contribution in [3.05, 3.63) is 217 Å². The summed E-state index contributed by atoms with van der Waals surface area (Å²) < 4.78 is 58.5. The number of nitrogens with zero attached hydrogens (tertiary/aromatic N) is 16. The van der Waals surface area contributed by atoms with Crippen molar-refractivity contribution >= 4 is 236 Å². The molecule has 0 radical (unpaired) electrons. The van der Waals surface area contributed by atoms with Crippen molar-refractivity contribution in [2.24, 2.45) is 23.7 Å². The third-order valence-electron chi connectivity index (χ3n) is 26.8. The van der Waals surface area contributed by atoms with Crippen LogP contribution in [0.3, 0.4) is 0 Å². The van der Waals surface area contributed by atoms with E-state index in [0.717, 1.165) is 143 Å². The lowest BCUT2D eigenvalue weighted by atomic mass is 10.0. The third kappa shape index (κ3) is 22.9. The molecule has 18 N–H and O–H groups in total. The van der Waals surface area contributed by atoms with Gasteiger partial charge in [-0.05, 0) is 179 Å². The molecule has 0 spiro atoms. The highest BCUT2D eigenvalue weighted by molar-refractivity contribution is 7.90. The van der Waals surface area contributed by atoms with Crippen LogP contribution < -0.4 is 75.8 Å². The standard InChI is InChI=1S/C18H24N6O2S.C18H17N5O2S.C17H18N4O3S2.C16H21N5O3S2.C15H12N4O3S.C15H14N4OS/c1-9-10(2)21-22-18-14(9)15(19)16(27-18)17(26)20-8-23-4-12-6-24(11(3)25)7-13(12)5-23;1-8-9(2)22-23-18-14(8)15(19)16(26-18)17(25)20-7-10-3-4-12-11(5-10)6-13(24)21-12;1-9-10(2)20-21-17-13(9)14(18)15(25-17)16(22)19-8-11-4-6-12(7-5-11)26(3,23)24;1-8-9(2)18-19-15-12(8)13(17)14(25-15)16(22)20-4-10-6-21(26(3,23)24)7-11(10)5-20;16-12-9-3-4-18-19-15(9)23-13(12)14(20)17-6-8-1-2-10-11(5-8)22-7-21-10;1-9-3-2-4-10(7-9)8-17-14(20)13-12(16)11-5-6-18-19-15(11)21-13/h12-13H,4-8,19H2,1-3H3,(H,20,26);3-5H,6-7,19H2,1-2H3,(H,20,25)(H,21,24);4-7H,8,18H2,1-3H3,(H,19,22);10-11H,4-7,17H2,1-3H3;1-5H,6-7,16H2,(H,17,20);2-7H,8,16H2,1H3,(H,17,20). The van der Waals surface area contributed by atoms with E-state index in [9.17, 15) is 55.2 Å². The smallest absolute Gasteiger partial charge is 0.266 e. The first-order valence-electron chi connectivity index (χ1n) is 46.9. The number of sulfonamides is 1. The maximum atomic E-state index is 13.0. The predicted molar refractivity (Wildman–Crippen MR) is 578 cm³/mol. The molecule has 4 saturated heterocycles. The minimum absolute atomic E-state index is 0.00833. The third-order valence-corrected chi connectivity index (χ3v) is 35.7. The number of hydrogen-bond acceptors (Lipinski definition) is 39. The summed E-state index contributed by atoms with van der Waals surface area (Å²) in [7, 11) is -6.41. The molecule has 4 unspecified atom stereocenters. The summed E-state index contributed by atoms with van der Waals surface area (Å²) in [4.78, 5) is 111. The number of amides is 8. The van der Waals surface area contributed by atoms with Gasteiger partial charge in [0.05, 0.1) is 93.5 Å². The number of fused-ring (bicyclic) bond motifs is 10. The van der Waals surface area contributed by atoms with Crippen LogP contribution in [0.4, 0.5) is 39.8 Å². The van der Waals surface area contributed by atoms with Gasteiger partial charge in [0, 0.05) is 130 Å². The molecule has 4 atom stereocenters. The summed E-state index contributed by atoms with van der Waals surface area (Å²) in [5.74, 6) is 1.71. The van der Waals surface area contributed by atoms with Crippen LogP contribution in [0.25, 0.3) is 61.3 Å². The molecule has 774 valence electrons. The minimum Gasteiger partial charge on any atom is -0.454 e. The number of aryl methyl sites for hydroxylation is 9. The van der Waals surface area contributed by atoms with Crippen molar-refractivity contribution in [3.63, 3.8) is 0 Å². The molecule has 50 heteroatoms. The first kappa shape index (κ1) is 105. The molecule has 18 heterocycles. The molecule has 4 aromatic carbocycles. The van der Waals surface area contributed by atoms with Crippen molar-refractivity contribution in [1.29, 1.82) is 0 Å². The predicted octanol–water partition coefficient (Wildman–Crippen LogP) is 10.8. The molecule has 6 aliphatic rings. The molecule has 0 bridgehead atoms. The number of carbonyl (C=O) groups excluding carboxylic acids is 8. The van der Waals surface area contributed by atoms with Crippen LogP contribution in [0.5, 0.6) is 11.5 Å². The van der Waals surface area contributed by atoms with Gasteiger partial charge in [-0.15, -0.1) is 98.6 Å². The normalized spacial score (nSPS) is 15.9. The van der Waals surface area contributed by atoms with Crippen LogP contribution in [0.15, 0.2) is 114 Å². The second-order valence-electron chi connectivity index (χ2n) is 36.9. The summed E-state index contributed by atoms with van der Waals surface area (Å²) >= 11 is 7.51. The SMILES string of the molecule is CC(=O)N1CC2CN(CNC(=O)c3sc4nnc(C)c(C)c4c3N)CC2C1.Cc1cccc(CNC(=O)c2sc3nnccc3c2N)c1.Cc1nnc2sc(C(=O)N3CC4CN(S(C)(=O)=O)CC4C3)c(N)c2c1C.Cc1nnc2sc(C(=O)NCc3ccc(S(C)(=O)=O)cc3)c(N)c2c1C.Cc1nnc2sc(C(=O)NCc3ccc4c(c3)CC(=O)N4)c(N)c2c1C.Nc1c(C(=O)NCc2ccc3c(c2)OCO3)sc2nnccc12. The second-order valence-corrected chi connectivity index (χ2v) is 46.9. The largest absolute Gasteiger partial charge is 0.454 e. The highest BCUT2D eigenvalue weighted by atomic mass is 32.2. The fraction of sp³-hybridized carbons (Fsp3) is 0.313. The first-order chi connectivity index (χ1) is 71.0. The van der Waals surface area contributed by atoms with Gasteiger partial charge in [-0.1, -0.05) is 60.2 Å². The Bertz CT molecular complexity index is 8270. The first-order valence-corrected chi connectivity index (χ1v) is 55.5. The Labute approximate surface area is 878 Å². The summed E-state index contributed by atoms with van der Waals surface area (Å²) in [6, 6.07) is 29.2. The van der Waals surface area contributed by atoms with Gasteiger partial charge in [0.25, 0.3) is 35.4 Å². The topological polar surface area (TPSA) is 619 Å². The van der Waals surface area contributed by atoms with E-state index in [1.165, 1.54) is 96.3 Å². The molecule has 0 aliphatic carbocycles. The number of nitrogen functional groups attached to an aromatic ring is 6. The lowest BCUT2D eigenvalue weighted by Gasteiger charge is -2.20. The Balaban J connectivity index is 0.000000122. The maximum Gasteiger partial charge on any atom is 0.266 e. The number of hydrogen-bond donors (Lipinski definition) is 12. The Morgan fingerprint density at radius 1 is 0.409 bits per heavy atom. The fourth-order valence-electron chi connectivity index (χ4n) is 18.2. The lowest BCUT2D eigenvalue weighted by Crippen LogP contribution is -2.38. The molecular weight excluding hydrogens is 2060 g/mol. The van der Waals surface area contributed by atoms with E-state index in [-0.39, 0.29) is 77.3 Å². The quantitative estimate of drug-likeness (QED) is 0.0380. The highest BCUT2D eigenvalue weighted by Gasteiger charge is 2.46. The molecule has 0 saturated carbocycles. The van der Waals surface area contributed by atoms with Crippen molar-refractivity contribution < 1.29 is 64.7 Å². The van der Waals surface area contributed by atoms with Crippen molar-refractivity contribution in [2.45, 2.75) is 107 Å². The molecule has 16 aromatic rings. The monoisotopic (exact) mass is 2170 g/mol. The number of nitrogens with one attached hydrogen (secondary N) is 6. The van der Waals surface area contributed by atoms with Crippen LogP contribution in [-0.2, 0) is 62.0 Å². The number of likely N-dealkylation sites (tertiary alicyclic amines) is 3. The summed E-state index contributed by atoms with van der Waals surface area (Å²) in [5, 5.41) is 70.5. The zero-order valence-corrected chi connectivity index (χ0v) is 89.4. The van der Waals surface area contributed by atoms with Crippen LogP contribution >= 0.6 is 68.0 Å². The number of anilines is 7. The van der Waals surface area contributed by atoms with Crippen LogP contribution in [0.1, 0.15) is 143 Å². The van der Waals surface area contributed by atoms with Gasteiger partial charge >= 0.3 is 0 Å². The number of nitrogens with two attached hydrogens (primary N) is 6. The van der Waals surface area contributed by atoms with Gasteiger partial charge in [0.15, 0.2) is 21.3 Å². The number of carbonyl (C=O) groups is 8. The number of rotatable bonds is 18. The Kier molecular flexibility index (Phi) is 31.0. The van der Waals surface area contributed by atoms with Crippen molar-refractivity contribution in [3.8, 4) is 11.5 Å². The molecule has 8 amide bonds. The zero-order chi connectivity index (χ0) is 106. The maximum absolute atomic E-state index is 13.0. The van der Waals surface area contributed by atoms with Gasteiger partial charge < -0.3 is 85.6 Å². The Morgan fingerprint density at radius 2 is 0.792 bits per heavy atom. The Hall–Kier alpha value is -14.9. The van der Waals surface area contributed by atoms with Gasteiger partial charge in [-0.25, -0.2) is 21.1 Å². The van der Waals surface area contributed by atoms with E-state index in [1.807, 2.05) is 128 Å². The Morgan fingerprint density at radius 3 is 1.23 bits per heavy atom. The van der Waals surface area contributed by atoms with Gasteiger partial charge in [0.2, 0.25) is 28.6 Å². The number of ether oxygens (including phenoxy) is 2. The molecular formula is C99H106N28O14S8. The number of thiophene rings is 6. The molecule has 22 rings (SSSR count). The van der Waals surface area contributed by atoms with E-state index >= 15 is 0 Å². The molecule has 6 aliphatic heterocycles. The highest BCUT2D eigenvalue weighted by Crippen LogP contribution is 2.44. The van der Waals surface area contributed by atoms with Gasteiger partial charge in [-0.3, -0.25) is 43.3 Å². The zero-order valence-electron chi connectivity index (χ0n) is 82.9. The molecule has 42 nitrogen and oxygen atoms in total. The lowest BCUT2D eigenvalue weighted by molar-refractivity contribution is -0.128. The van der Waals surface area contributed by atoms with E-state index in [0.29, 0.717) is 175 Å². The molecule has 12 aromatic heterocycles. The summed E-state index contributed by atoms with van der Waals surface area (Å²) in [5.41, 5.74) is 53.3. The van der Waals surface area contributed by atoms with Crippen molar-refractivity contribution in [2.75, 3.05) is 118 Å². The number of aromatic nitrogens is 12. The number of benzene rings is 4. The van der Waals surface area contributed by atoms with Gasteiger partial charge in [-0.2, -0.15) is 30.6 Å². The van der Waals surface area contributed by atoms with Crippen LogP contribution in [0, 0.1) is 86.0 Å². The average molecular weight is 2170 g/mol. The minimum atomic E-state index is -3.24. The second kappa shape index (κ2) is 43.9. The van der Waals surface area contributed by atoms with Crippen LogP contribution in [-0.4, -0.2) is 223 Å². The van der Waals surface area contributed by atoms with Crippen LogP contribution in [0.2, 0.25) is 0 Å². The van der Waals surface area contributed by atoms with E-state index in [1.54, 1.807) is 48.5 Å². The van der Waals surface area contributed by atoms with Crippen molar-refractivity contribution in [1.82, 2.24) is 107 Å². The summed E-state index contributed by atoms with van der Waals surface area (Å²) in [6.07, 6.45) is 5.89. The summed E-state index contributed by atoms with van der Waals surface area (Å²) in [6.45, 7) is 26.6.